The molecule has 22 heavy (non-hydrogen) atoms. The van der Waals surface area contributed by atoms with Gasteiger partial charge in [0.1, 0.15) is 5.52 Å². The van der Waals surface area contributed by atoms with Crippen molar-refractivity contribution >= 4 is 22.2 Å². The van der Waals surface area contributed by atoms with Gasteiger partial charge in [-0.25, -0.2) is 15.0 Å². The zero-order valence-corrected chi connectivity index (χ0v) is 13.3. The Balaban J connectivity index is 0.000000144. The third-order valence-corrected chi connectivity index (χ3v) is 2.99. The molecule has 6 nitrogen and oxygen atoms in total. The molecule has 4 aromatic rings. The second kappa shape index (κ2) is 7.31. The summed E-state index contributed by atoms with van der Waals surface area (Å²) >= 11 is 0. The minimum atomic E-state index is 0.792. The Morgan fingerprint density at radius 3 is 2.45 bits per heavy atom. The average molecular weight is 296 g/mol. The molecule has 0 aliphatic rings. The van der Waals surface area contributed by atoms with Gasteiger partial charge in [0.15, 0.2) is 11.3 Å². The molecule has 4 rings (SSSR count). The summed E-state index contributed by atoms with van der Waals surface area (Å²) in [6.45, 7) is 5.98. The van der Waals surface area contributed by atoms with Crippen LogP contribution in [0.4, 0.5) is 0 Å². The lowest BCUT2D eigenvalue weighted by Crippen LogP contribution is -1.85. The van der Waals surface area contributed by atoms with Gasteiger partial charge < -0.3 is 4.57 Å². The molecule has 0 unspecified atom stereocenters. The fourth-order valence-corrected chi connectivity index (χ4v) is 1.94. The highest BCUT2D eigenvalue weighted by molar-refractivity contribution is 5.76. The summed E-state index contributed by atoms with van der Waals surface area (Å²) in [4.78, 5) is 12.3. The van der Waals surface area contributed by atoms with Gasteiger partial charge >= 0.3 is 0 Å². The zero-order valence-electron chi connectivity index (χ0n) is 13.3. The van der Waals surface area contributed by atoms with E-state index in [4.69, 9.17) is 0 Å². The molecule has 0 aliphatic heterocycles. The quantitative estimate of drug-likeness (QED) is 0.540. The predicted octanol–water partition coefficient (Wildman–Crippen LogP) is 3.26. The fourth-order valence-electron chi connectivity index (χ4n) is 1.94. The number of nitrogens with one attached hydrogen (secondary N) is 1. The van der Waals surface area contributed by atoms with Crippen LogP contribution in [0.15, 0.2) is 43.0 Å². The normalized spacial score (nSPS) is 9.82. The highest BCUT2D eigenvalue weighted by Gasteiger charge is 1.98. The number of rotatable bonds is 0. The lowest BCUT2D eigenvalue weighted by molar-refractivity contribution is 0.931. The van der Waals surface area contributed by atoms with Crippen molar-refractivity contribution in [2.75, 3.05) is 0 Å². The Morgan fingerprint density at radius 2 is 1.73 bits per heavy atom. The van der Waals surface area contributed by atoms with Gasteiger partial charge in [-0.15, -0.1) is 0 Å². The van der Waals surface area contributed by atoms with Crippen molar-refractivity contribution in [2.24, 2.45) is 7.05 Å². The highest BCUT2D eigenvalue weighted by atomic mass is 15.1. The molecule has 1 N–H and O–H groups in total. The summed E-state index contributed by atoms with van der Waals surface area (Å²) in [5.41, 5.74) is 3.75. The van der Waals surface area contributed by atoms with Crippen LogP contribution < -0.4 is 0 Å². The van der Waals surface area contributed by atoms with Crippen LogP contribution in [0.3, 0.4) is 0 Å². The molecule has 0 saturated carbocycles. The van der Waals surface area contributed by atoms with Crippen molar-refractivity contribution in [3.63, 3.8) is 0 Å². The number of nitrogens with zero attached hydrogens (tertiary/aromatic N) is 5. The van der Waals surface area contributed by atoms with E-state index in [1.807, 2.05) is 56.7 Å². The van der Waals surface area contributed by atoms with E-state index in [2.05, 4.69) is 25.1 Å². The smallest absolute Gasteiger partial charge is 0.181 e. The largest absolute Gasteiger partial charge is 0.318 e. The number of hydrogen-bond donors (Lipinski definition) is 1. The monoisotopic (exact) mass is 296 g/mol. The SMILES string of the molecule is CC.Cc1[nH]nc2ncccc12.Cn1cnc2cccnc21. The number of fused-ring (bicyclic) bond motifs is 2. The molecule has 0 aliphatic carbocycles. The van der Waals surface area contributed by atoms with Gasteiger partial charge in [-0.3, -0.25) is 5.10 Å². The van der Waals surface area contributed by atoms with E-state index in [-0.39, 0.29) is 0 Å². The van der Waals surface area contributed by atoms with Crippen LogP contribution in [-0.2, 0) is 7.05 Å². The summed E-state index contributed by atoms with van der Waals surface area (Å²) in [5, 5.41) is 7.95. The molecule has 0 fully saturated rings. The topological polar surface area (TPSA) is 72.3 Å². The van der Waals surface area contributed by atoms with Crippen LogP contribution in [0, 0.1) is 6.92 Å². The first kappa shape index (κ1) is 15.6. The predicted molar refractivity (Wildman–Crippen MR) is 88.5 cm³/mol. The van der Waals surface area contributed by atoms with Crippen molar-refractivity contribution < 1.29 is 0 Å². The summed E-state index contributed by atoms with van der Waals surface area (Å²) in [5.74, 6) is 0. The molecule has 0 bridgehead atoms. The van der Waals surface area contributed by atoms with Crippen molar-refractivity contribution in [3.8, 4) is 0 Å². The van der Waals surface area contributed by atoms with E-state index < -0.39 is 0 Å². The third kappa shape index (κ3) is 3.28. The van der Waals surface area contributed by atoms with E-state index in [1.54, 1.807) is 18.7 Å². The minimum Gasteiger partial charge on any atom is -0.318 e. The number of aromatic nitrogens is 6. The van der Waals surface area contributed by atoms with Crippen LogP contribution in [-0.4, -0.2) is 29.7 Å². The number of aryl methyl sites for hydroxylation is 2. The van der Waals surface area contributed by atoms with Gasteiger partial charge in [-0.2, -0.15) is 5.10 Å². The molecule has 4 aromatic heterocycles. The Hall–Kier alpha value is -2.76. The van der Waals surface area contributed by atoms with Crippen molar-refractivity contribution in [3.05, 3.63) is 48.7 Å². The van der Waals surface area contributed by atoms with Crippen LogP contribution in [0.5, 0.6) is 0 Å². The molecule has 0 atom stereocenters. The first-order valence-corrected chi connectivity index (χ1v) is 7.23. The number of hydrogen-bond acceptors (Lipinski definition) is 4. The van der Waals surface area contributed by atoms with Gasteiger partial charge in [-0.1, -0.05) is 13.8 Å². The molecule has 4 heterocycles. The Bertz CT molecular complexity index is 774. The minimum absolute atomic E-state index is 0.792. The summed E-state index contributed by atoms with van der Waals surface area (Å²) in [6.07, 6.45) is 5.27. The lowest BCUT2D eigenvalue weighted by atomic mass is 10.3. The average Bonchev–Trinajstić information content (AvgIpc) is 3.15. The maximum Gasteiger partial charge on any atom is 0.181 e. The highest BCUT2D eigenvalue weighted by Crippen LogP contribution is 2.10. The first-order chi connectivity index (χ1) is 10.8. The second-order valence-electron chi connectivity index (χ2n) is 4.42. The van der Waals surface area contributed by atoms with E-state index in [0.717, 1.165) is 27.9 Å². The van der Waals surface area contributed by atoms with Gasteiger partial charge in [0, 0.05) is 30.5 Å². The Kier molecular flexibility index (Phi) is 5.19. The van der Waals surface area contributed by atoms with E-state index in [0.29, 0.717) is 0 Å². The molecule has 0 aromatic carbocycles. The number of H-pyrrole nitrogens is 1. The lowest BCUT2D eigenvalue weighted by Gasteiger charge is -1.88. The molecular formula is C16H20N6. The third-order valence-electron chi connectivity index (χ3n) is 2.99. The zero-order chi connectivity index (χ0) is 15.9. The van der Waals surface area contributed by atoms with E-state index in [1.165, 1.54) is 0 Å². The van der Waals surface area contributed by atoms with Gasteiger partial charge in [0.25, 0.3) is 0 Å². The van der Waals surface area contributed by atoms with E-state index >= 15 is 0 Å². The van der Waals surface area contributed by atoms with Gasteiger partial charge in [-0.05, 0) is 31.2 Å². The molecule has 114 valence electrons. The van der Waals surface area contributed by atoms with Crippen LogP contribution in [0.1, 0.15) is 19.5 Å². The van der Waals surface area contributed by atoms with E-state index in [9.17, 15) is 0 Å². The summed E-state index contributed by atoms with van der Waals surface area (Å²) < 4.78 is 1.90. The van der Waals surface area contributed by atoms with Crippen molar-refractivity contribution in [1.29, 1.82) is 0 Å². The first-order valence-electron chi connectivity index (χ1n) is 7.23. The van der Waals surface area contributed by atoms with Crippen LogP contribution in [0.2, 0.25) is 0 Å². The number of aromatic amines is 1. The fraction of sp³-hybridized carbons (Fsp3) is 0.250. The molecule has 0 saturated heterocycles. The second-order valence-corrected chi connectivity index (χ2v) is 4.42. The maximum atomic E-state index is 4.14. The van der Waals surface area contributed by atoms with Crippen LogP contribution >= 0.6 is 0 Å². The van der Waals surface area contributed by atoms with Crippen molar-refractivity contribution in [1.82, 2.24) is 29.7 Å². The number of imidazole rings is 1. The Labute approximate surface area is 129 Å². The van der Waals surface area contributed by atoms with Gasteiger partial charge in [0.05, 0.1) is 6.33 Å². The van der Waals surface area contributed by atoms with Crippen molar-refractivity contribution in [2.45, 2.75) is 20.8 Å². The number of pyridine rings is 2. The molecule has 0 radical (unpaired) electrons. The summed E-state index contributed by atoms with van der Waals surface area (Å²) in [7, 11) is 1.93. The van der Waals surface area contributed by atoms with Gasteiger partial charge in [0.2, 0.25) is 0 Å². The standard InChI is InChI=1S/2C7H7N3.C2H6/c1-10-5-9-6-3-2-4-8-7(6)10;1-5-6-3-2-4-8-7(6)10-9-5;1-2/h2-5H,1H3;2-4H,1H3,(H,8,9,10);1-2H3. The molecule has 0 amide bonds. The molecule has 6 heteroatoms. The molecular weight excluding hydrogens is 276 g/mol. The Morgan fingerprint density at radius 1 is 1.00 bits per heavy atom. The summed E-state index contributed by atoms with van der Waals surface area (Å²) in [6, 6.07) is 7.74. The molecule has 0 spiro atoms. The van der Waals surface area contributed by atoms with Crippen LogP contribution in [0.25, 0.3) is 22.2 Å². The maximum absolute atomic E-state index is 4.14.